The molecule has 2 nitrogen and oxygen atoms in total. The first-order valence-electron chi connectivity index (χ1n) is 5.87. The molecular weight excluding hydrogens is 208 g/mol. The standard InChI is InChI=1S/C15H18N2/c1-4-5-8-17-12(3)11(2)14-9-13(10-16)6-7-15(14)17/h6-7,9H,8,10,16H2,1-3H3. The van der Waals surface area contributed by atoms with E-state index in [1.807, 2.05) is 6.92 Å². The van der Waals surface area contributed by atoms with Crippen LogP contribution in [0.5, 0.6) is 0 Å². The highest BCUT2D eigenvalue weighted by molar-refractivity contribution is 5.86. The lowest BCUT2D eigenvalue weighted by atomic mass is 10.1. The highest BCUT2D eigenvalue weighted by Gasteiger charge is 2.10. The van der Waals surface area contributed by atoms with Gasteiger partial charge in [-0.3, -0.25) is 0 Å². The van der Waals surface area contributed by atoms with Crippen LogP contribution in [-0.4, -0.2) is 4.57 Å². The Bertz CT molecular complexity index is 609. The molecule has 2 rings (SSSR count). The lowest BCUT2D eigenvalue weighted by Crippen LogP contribution is -1.98. The van der Waals surface area contributed by atoms with E-state index in [1.54, 1.807) is 0 Å². The van der Waals surface area contributed by atoms with Gasteiger partial charge in [0.05, 0.1) is 6.54 Å². The number of fused-ring (bicyclic) bond motifs is 1. The molecule has 0 amide bonds. The van der Waals surface area contributed by atoms with Crippen LogP contribution >= 0.6 is 0 Å². The number of hydrogen-bond acceptors (Lipinski definition) is 1. The van der Waals surface area contributed by atoms with Crippen molar-refractivity contribution in [3.63, 3.8) is 0 Å². The van der Waals surface area contributed by atoms with Crippen LogP contribution in [0.3, 0.4) is 0 Å². The molecule has 0 unspecified atom stereocenters. The molecule has 0 saturated heterocycles. The van der Waals surface area contributed by atoms with E-state index in [1.165, 1.54) is 27.7 Å². The van der Waals surface area contributed by atoms with E-state index in [0.717, 1.165) is 6.54 Å². The summed E-state index contributed by atoms with van der Waals surface area (Å²) in [6.07, 6.45) is 0. The van der Waals surface area contributed by atoms with Crippen LogP contribution in [0, 0.1) is 25.7 Å². The summed E-state index contributed by atoms with van der Waals surface area (Å²) in [7, 11) is 0. The molecule has 2 heteroatoms. The van der Waals surface area contributed by atoms with E-state index in [4.69, 9.17) is 5.73 Å². The predicted molar refractivity (Wildman–Crippen MR) is 72.8 cm³/mol. The van der Waals surface area contributed by atoms with Gasteiger partial charge in [0, 0.05) is 23.1 Å². The molecule has 1 heterocycles. The highest BCUT2D eigenvalue weighted by atomic mass is 15.0. The van der Waals surface area contributed by atoms with E-state index in [2.05, 4.69) is 48.5 Å². The van der Waals surface area contributed by atoms with E-state index >= 15 is 0 Å². The number of aryl methyl sites for hydroxylation is 1. The molecule has 2 N–H and O–H groups in total. The Balaban J connectivity index is 2.67. The van der Waals surface area contributed by atoms with Gasteiger partial charge in [-0.1, -0.05) is 12.0 Å². The summed E-state index contributed by atoms with van der Waals surface area (Å²) in [5, 5.41) is 1.29. The molecule has 0 saturated carbocycles. The summed E-state index contributed by atoms with van der Waals surface area (Å²) in [6, 6.07) is 6.43. The zero-order valence-electron chi connectivity index (χ0n) is 10.7. The first-order valence-corrected chi connectivity index (χ1v) is 5.87. The second kappa shape index (κ2) is 4.65. The molecule has 0 aliphatic carbocycles. The van der Waals surface area contributed by atoms with Gasteiger partial charge < -0.3 is 10.3 Å². The normalized spacial score (nSPS) is 10.4. The third-order valence-electron chi connectivity index (χ3n) is 3.35. The molecule has 0 bridgehead atoms. The van der Waals surface area contributed by atoms with Crippen molar-refractivity contribution in [3.8, 4) is 11.8 Å². The number of aromatic nitrogens is 1. The minimum absolute atomic E-state index is 0.592. The fourth-order valence-electron chi connectivity index (χ4n) is 2.19. The summed E-state index contributed by atoms with van der Waals surface area (Å²) in [4.78, 5) is 0. The lowest BCUT2D eigenvalue weighted by Gasteiger charge is -2.03. The first kappa shape index (κ1) is 11.8. The Morgan fingerprint density at radius 1 is 1.29 bits per heavy atom. The molecule has 0 fully saturated rings. The van der Waals surface area contributed by atoms with Crippen LogP contribution in [0.4, 0.5) is 0 Å². The largest absolute Gasteiger partial charge is 0.333 e. The maximum Gasteiger partial charge on any atom is 0.0840 e. The highest BCUT2D eigenvalue weighted by Crippen LogP contribution is 2.25. The zero-order valence-corrected chi connectivity index (χ0v) is 10.7. The summed E-state index contributed by atoms with van der Waals surface area (Å²) in [6.45, 7) is 7.53. The van der Waals surface area contributed by atoms with Crippen LogP contribution in [-0.2, 0) is 13.1 Å². The van der Waals surface area contributed by atoms with Crippen molar-refractivity contribution in [1.82, 2.24) is 4.57 Å². The van der Waals surface area contributed by atoms with Gasteiger partial charge in [0.25, 0.3) is 0 Å². The van der Waals surface area contributed by atoms with Crippen LogP contribution in [0.15, 0.2) is 18.2 Å². The van der Waals surface area contributed by atoms with Crippen molar-refractivity contribution in [2.24, 2.45) is 5.73 Å². The molecular formula is C15H18N2. The Hall–Kier alpha value is -1.72. The van der Waals surface area contributed by atoms with Crippen molar-refractivity contribution in [2.75, 3.05) is 0 Å². The van der Waals surface area contributed by atoms with Gasteiger partial charge in [-0.25, -0.2) is 0 Å². The zero-order chi connectivity index (χ0) is 12.4. The van der Waals surface area contributed by atoms with Crippen LogP contribution in [0.1, 0.15) is 23.7 Å². The van der Waals surface area contributed by atoms with Gasteiger partial charge in [0.2, 0.25) is 0 Å². The lowest BCUT2D eigenvalue weighted by molar-refractivity contribution is 0.841. The van der Waals surface area contributed by atoms with E-state index in [-0.39, 0.29) is 0 Å². The molecule has 0 atom stereocenters. The van der Waals surface area contributed by atoms with Crippen molar-refractivity contribution in [1.29, 1.82) is 0 Å². The molecule has 0 aliphatic rings. The van der Waals surface area contributed by atoms with Gasteiger partial charge in [0.1, 0.15) is 0 Å². The molecule has 1 aromatic carbocycles. The van der Waals surface area contributed by atoms with Crippen molar-refractivity contribution < 1.29 is 0 Å². The quantitative estimate of drug-likeness (QED) is 0.784. The van der Waals surface area contributed by atoms with E-state index in [0.29, 0.717) is 6.54 Å². The molecule has 88 valence electrons. The molecule has 17 heavy (non-hydrogen) atoms. The minimum atomic E-state index is 0.592. The van der Waals surface area contributed by atoms with Crippen molar-refractivity contribution >= 4 is 10.9 Å². The van der Waals surface area contributed by atoms with Gasteiger partial charge in [0.15, 0.2) is 0 Å². The SMILES string of the molecule is CC#CCn1c(C)c(C)c2cc(CN)ccc21. The number of benzene rings is 1. The number of nitrogens with zero attached hydrogens (tertiary/aromatic N) is 1. The minimum Gasteiger partial charge on any atom is -0.333 e. The summed E-state index contributed by atoms with van der Waals surface area (Å²) >= 11 is 0. The number of hydrogen-bond donors (Lipinski definition) is 1. The second-order valence-electron chi connectivity index (χ2n) is 4.28. The fourth-order valence-corrected chi connectivity index (χ4v) is 2.19. The van der Waals surface area contributed by atoms with Crippen LogP contribution in [0.2, 0.25) is 0 Å². The molecule has 0 aliphatic heterocycles. The van der Waals surface area contributed by atoms with Crippen LogP contribution < -0.4 is 5.73 Å². The summed E-state index contributed by atoms with van der Waals surface area (Å²) in [5.74, 6) is 6.08. The number of rotatable bonds is 2. The third-order valence-corrected chi connectivity index (χ3v) is 3.35. The second-order valence-corrected chi connectivity index (χ2v) is 4.28. The maximum absolute atomic E-state index is 5.69. The summed E-state index contributed by atoms with van der Waals surface area (Å²) < 4.78 is 2.27. The van der Waals surface area contributed by atoms with Crippen molar-refractivity contribution in [3.05, 3.63) is 35.0 Å². The summed E-state index contributed by atoms with van der Waals surface area (Å²) in [5.41, 5.74) is 10.7. The van der Waals surface area contributed by atoms with Crippen LogP contribution in [0.25, 0.3) is 10.9 Å². The van der Waals surface area contributed by atoms with Gasteiger partial charge in [-0.15, -0.1) is 5.92 Å². The molecule has 2 aromatic rings. The van der Waals surface area contributed by atoms with E-state index < -0.39 is 0 Å². The average molecular weight is 226 g/mol. The number of nitrogens with two attached hydrogens (primary N) is 1. The Morgan fingerprint density at radius 3 is 2.71 bits per heavy atom. The molecule has 0 radical (unpaired) electrons. The first-order chi connectivity index (χ1) is 8.19. The predicted octanol–water partition coefficient (Wildman–Crippen LogP) is 2.74. The smallest absolute Gasteiger partial charge is 0.0840 e. The van der Waals surface area contributed by atoms with E-state index in [9.17, 15) is 0 Å². The molecule has 1 aromatic heterocycles. The average Bonchev–Trinajstić information content (AvgIpc) is 2.60. The third kappa shape index (κ3) is 1.94. The Kier molecular flexibility index (Phi) is 3.21. The van der Waals surface area contributed by atoms with Gasteiger partial charge in [-0.05, 0) is 44.0 Å². The fraction of sp³-hybridized carbons (Fsp3) is 0.333. The monoisotopic (exact) mass is 226 g/mol. The molecule has 0 spiro atoms. The van der Waals surface area contributed by atoms with Crippen molar-refractivity contribution in [2.45, 2.75) is 33.9 Å². The maximum atomic E-state index is 5.69. The van der Waals surface area contributed by atoms with Gasteiger partial charge >= 0.3 is 0 Å². The Morgan fingerprint density at radius 2 is 2.06 bits per heavy atom. The van der Waals surface area contributed by atoms with Gasteiger partial charge in [-0.2, -0.15) is 0 Å². The Labute approximate surface area is 102 Å². The topological polar surface area (TPSA) is 30.9 Å².